The predicted molar refractivity (Wildman–Crippen MR) is 120 cm³/mol. The Hall–Kier alpha value is -3.03. The molecule has 1 aromatic carbocycles. The van der Waals surface area contributed by atoms with Gasteiger partial charge in [-0.2, -0.15) is 5.10 Å². The van der Waals surface area contributed by atoms with Gasteiger partial charge in [0.2, 0.25) is 0 Å². The minimum atomic E-state index is -0.204. The molecule has 0 atom stereocenters. The first-order valence-electron chi connectivity index (χ1n) is 10.3. The number of piperidine rings is 1. The molecule has 4 heterocycles. The largest absolute Gasteiger partial charge is 0.322 e. The average Bonchev–Trinajstić information content (AvgIpc) is 3.46. The lowest BCUT2D eigenvalue weighted by Crippen LogP contribution is -2.29. The maximum absolute atomic E-state index is 12.9. The van der Waals surface area contributed by atoms with Gasteiger partial charge in [0.1, 0.15) is 5.56 Å². The van der Waals surface area contributed by atoms with Crippen molar-refractivity contribution in [3.63, 3.8) is 0 Å². The molecule has 1 amide bonds. The summed E-state index contributed by atoms with van der Waals surface area (Å²) in [6.45, 7) is 3.32. The highest BCUT2D eigenvalue weighted by atomic mass is 32.1. The Bertz CT molecular complexity index is 1140. The third-order valence-corrected chi connectivity index (χ3v) is 6.38. The standard InChI is InChI=1S/C23H23N5OS/c29-23(26-18-8-6-17(7-9-18)16-27-12-2-1-3-13-27)19-15-25-28-20(10-11-24-22(19)28)21-5-4-14-30-21/h4-11,14-15H,1-3,12-13,16H2,(H,26,29). The van der Waals surface area contributed by atoms with Crippen LogP contribution in [0.3, 0.4) is 0 Å². The van der Waals surface area contributed by atoms with Gasteiger partial charge >= 0.3 is 0 Å². The van der Waals surface area contributed by atoms with Gasteiger partial charge in [-0.25, -0.2) is 9.50 Å². The molecule has 1 fully saturated rings. The van der Waals surface area contributed by atoms with Gasteiger partial charge in [-0.3, -0.25) is 9.69 Å². The molecule has 1 aliphatic heterocycles. The van der Waals surface area contributed by atoms with Crippen molar-refractivity contribution < 1.29 is 4.79 Å². The van der Waals surface area contributed by atoms with E-state index in [9.17, 15) is 4.79 Å². The summed E-state index contributed by atoms with van der Waals surface area (Å²) in [6, 6.07) is 14.1. The molecule has 0 spiro atoms. The Kier molecular flexibility index (Phi) is 5.29. The molecule has 0 radical (unpaired) electrons. The molecule has 152 valence electrons. The fraction of sp³-hybridized carbons (Fsp3) is 0.261. The van der Waals surface area contributed by atoms with Crippen molar-refractivity contribution in [2.45, 2.75) is 25.8 Å². The number of amides is 1. The minimum absolute atomic E-state index is 0.204. The number of anilines is 1. The number of likely N-dealkylation sites (tertiary alicyclic amines) is 1. The Labute approximate surface area is 179 Å². The number of fused-ring (bicyclic) bond motifs is 1. The minimum Gasteiger partial charge on any atom is -0.322 e. The normalized spacial score (nSPS) is 14.8. The SMILES string of the molecule is O=C(Nc1ccc(CN2CCCCC2)cc1)c1cnn2c(-c3cccs3)ccnc12. The molecule has 0 unspecified atom stereocenters. The van der Waals surface area contributed by atoms with E-state index in [-0.39, 0.29) is 5.91 Å². The maximum atomic E-state index is 12.9. The van der Waals surface area contributed by atoms with Gasteiger partial charge in [0.25, 0.3) is 5.91 Å². The molecule has 1 saturated heterocycles. The monoisotopic (exact) mass is 417 g/mol. The lowest BCUT2D eigenvalue weighted by molar-refractivity contribution is 0.102. The second-order valence-electron chi connectivity index (χ2n) is 7.59. The molecular formula is C23H23N5OS. The molecule has 6 nitrogen and oxygen atoms in total. The number of nitrogens with one attached hydrogen (secondary N) is 1. The number of hydrogen-bond donors (Lipinski definition) is 1. The molecule has 5 rings (SSSR count). The van der Waals surface area contributed by atoms with Crippen LogP contribution >= 0.6 is 11.3 Å². The number of aromatic nitrogens is 3. The summed E-state index contributed by atoms with van der Waals surface area (Å²) in [5.74, 6) is -0.204. The van der Waals surface area contributed by atoms with E-state index in [2.05, 4.69) is 32.4 Å². The Morgan fingerprint density at radius 2 is 1.90 bits per heavy atom. The number of carbonyl (C=O) groups excluding carboxylic acids is 1. The molecular weight excluding hydrogens is 394 g/mol. The van der Waals surface area contributed by atoms with Crippen LogP contribution in [0.5, 0.6) is 0 Å². The summed E-state index contributed by atoms with van der Waals surface area (Å²) in [7, 11) is 0. The van der Waals surface area contributed by atoms with Gasteiger partial charge in [0.05, 0.1) is 16.8 Å². The number of rotatable bonds is 5. The first kappa shape index (κ1) is 19.0. The smallest absolute Gasteiger partial charge is 0.261 e. The van der Waals surface area contributed by atoms with Crippen molar-refractivity contribution in [3.8, 4) is 10.6 Å². The molecule has 4 aromatic rings. The summed E-state index contributed by atoms with van der Waals surface area (Å²) < 4.78 is 1.72. The molecule has 0 bridgehead atoms. The fourth-order valence-corrected chi connectivity index (χ4v) is 4.67. The van der Waals surface area contributed by atoms with Gasteiger partial charge in [-0.15, -0.1) is 11.3 Å². The van der Waals surface area contributed by atoms with Crippen molar-refractivity contribution in [3.05, 3.63) is 71.4 Å². The van der Waals surface area contributed by atoms with Crippen LogP contribution in [0, 0.1) is 0 Å². The maximum Gasteiger partial charge on any atom is 0.261 e. The van der Waals surface area contributed by atoms with E-state index in [0.29, 0.717) is 11.2 Å². The van der Waals surface area contributed by atoms with E-state index in [4.69, 9.17) is 0 Å². The molecule has 3 aromatic heterocycles. The third kappa shape index (κ3) is 3.86. The van der Waals surface area contributed by atoms with Crippen LogP contribution in [0.25, 0.3) is 16.2 Å². The van der Waals surface area contributed by atoms with Crippen LogP contribution in [0.4, 0.5) is 5.69 Å². The molecule has 0 saturated carbocycles. The Morgan fingerprint density at radius 1 is 1.07 bits per heavy atom. The summed E-state index contributed by atoms with van der Waals surface area (Å²) in [5.41, 5.74) is 3.99. The number of hydrogen-bond acceptors (Lipinski definition) is 5. The summed E-state index contributed by atoms with van der Waals surface area (Å²) in [5, 5.41) is 9.41. The Balaban J connectivity index is 1.32. The average molecular weight is 418 g/mol. The summed E-state index contributed by atoms with van der Waals surface area (Å²) in [6.07, 6.45) is 7.22. The first-order chi connectivity index (χ1) is 14.8. The van der Waals surface area contributed by atoms with Crippen LogP contribution in [0.15, 0.2) is 60.2 Å². The Morgan fingerprint density at radius 3 is 2.67 bits per heavy atom. The zero-order valence-electron chi connectivity index (χ0n) is 16.6. The zero-order valence-corrected chi connectivity index (χ0v) is 17.4. The van der Waals surface area contributed by atoms with E-state index in [0.717, 1.165) is 22.8 Å². The quantitative estimate of drug-likeness (QED) is 0.511. The van der Waals surface area contributed by atoms with Gasteiger partial charge < -0.3 is 5.32 Å². The van der Waals surface area contributed by atoms with E-state index in [1.165, 1.54) is 37.9 Å². The zero-order chi connectivity index (χ0) is 20.3. The summed E-state index contributed by atoms with van der Waals surface area (Å²) in [4.78, 5) is 20.8. The van der Waals surface area contributed by atoms with Crippen molar-refractivity contribution in [2.24, 2.45) is 0 Å². The highest BCUT2D eigenvalue weighted by Crippen LogP contribution is 2.25. The van der Waals surface area contributed by atoms with Gasteiger partial charge in [-0.1, -0.05) is 24.6 Å². The predicted octanol–water partition coefficient (Wildman–Crippen LogP) is 4.70. The van der Waals surface area contributed by atoms with Gasteiger partial charge in [-0.05, 0) is 61.1 Å². The lowest BCUT2D eigenvalue weighted by atomic mass is 10.1. The van der Waals surface area contributed by atoms with Crippen molar-refractivity contribution in [1.82, 2.24) is 19.5 Å². The van der Waals surface area contributed by atoms with Crippen LogP contribution in [-0.4, -0.2) is 38.5 Å². The first-order valence-corrected chi connectivity index (χ1v) is 11.2. The van der Waals surface area contributed by atoms with Crippen molar-refractivity contribution >= 4 is 28.6 Å². The molecule has 30 heavy (non-hydrogen) atoms. The highest BCUT2D eigenvalue weighted by molar-refractivity contribution is 7.13. The molecule has 1 aliphatic rings. The van der Waals surface area contributed by atoms with Gasteiger partial charge in [0, 0.05) is 18.4 Å². The molecule has 1 N–H and O–H groups in total. The van der Waals surface area contributed by atoms with E-state index in [1.54, 1.807) is 28.2 Å². The van der Waals surface area contributed by atoms with Gasteiger partial charge in [0.15, 0.2) is 5.65 Å². The van der Waals surface area contributed by atoms with Crippen LogP contribution in [0.2, 0.25) is 0 Å². The fourth-order valence-electron chi connectivity index (χ4n) is 3.93. The number of nitrogens with zero attached hydrogens (tertiary/aromatic N) is 4. The second-order valence-corrected chi connectivity index (χ2v) is 8.54. The van der Waals surface area contributed by atoms with Crippen molar-refractivity contribution in [1.29, 1.82) is 0 Å². The lowest BCUT2D eigenvalue weighted by Gasteiger charge is -2.26. The van der Waals surface area contributed by atoms with E-state index >= 15 is 0 Å². The topological polar surface area (TPSA) is 62.5 Å². The van der Waals surface area contributed by atoms with Crippen LogP contribution in [0.1, 0.15) is 35.2 Å². The van der Waals surface area contributed by atoms with Crippen molar-refractivity contribution in [2.75, 3.05) is 18.4 Å². The highest BCUT2D eigenvalue weighted by Gasteiger charge is 2.17. The van der Waals surface area contributed by atoms with E-state index in [1.807, 2.05) is 35.7 Å². The molecule has 0 aliphatic carbocycles. The number of thiophene rings is 1. The van der Waals surface area contributed by atoms with Crippen LogP contribution < -0.4 is 5.32 Å². The number of carbonyl (C=O) groups is 1. The second kappa shape index (κ2) is 8.38. The number of benzene rings is 1. The third-order valence-electron chi connectivity index (χ3n) is 5.49. The van der Waals surface area contributed by atoms with E-state index < -0.39 is 0 Å². The van der Waals surface area contributed by atoms with Crippen LogP contribution in [-0.2, 0) is 6.54 Å². The molecule has 7 heteroatoms. The summed E-state index contributed by atoms with van der Waals surface area (Å²) >= 11 is 1.63.